The van der Waals surface area contributed by atoms with Crippen molar-refractivity contribution in [1.82, 2.24) is 0 Å². The van der Waals surface area contributed by atoms with Crippen molar-refractivity contribution in [3.05, 3.63) is 65.2 Å². The highest BCUT2D eigenvalue weighted by Gasteiger charge is 2.13. The molecule has 21 heavy (non-hydrogen) atoms. The molecule has 0 atom stereocenters. The number of benzene rings is 2. The van der Waals surface area contributed by atoms with E-state index in [-0.39, 0.29) is 5.41 Å². The minimum atomic E-state index is 0.173. The van der Waals surface area contributed by atoms with E-state index in [2.05, 4.69) is 45.0 Å². The van der Waals surface area contributed by atoms with Crippen LogP contribution in [-0.4, -0.2) is 6.54 Å². The van der Waals surface area contributed by atoms with Gasteiger partial charge in [-0.25, -0.2) is 0 Å². The summed E-state index contributed by atoms with van der Waals surface area (Å²) in [5.41, 5.74) is 9.62. The van der Waals surface area contributed by atoms with Crippen LogP contribution in [0.15, 0.2) is 48.5 Å². The third kappa shape index (κ3) is 4.33. The Balaban J connectivity index is 2.03. The van der Waals surface area contributed by atoms with Gasteiger partial charge in [0.05, 0.1) is 0 Å². The zero-order valence-corrected chi connectivity index (χ0v) is 13.2. The lowest BCUT2D eigenvalue weighted by Crippen LogP contribution is -2.10. The van der Waals surface area contributed by atoms with E-state index in [1.165, 1.54) is 16.7 Å². The van der Waals surface area contributed by atoms with Gasteiger partial charge in [0.25, 0.3) is 0 Å². The van der Waals surface area contributed by atoms with Gasteiger partial charge in [0.1, 0.15) is 12.4 Å². The largest absolute Gasteiger partial charge is 0.489 e. The molecule has 0 heterocycles. The van der Waals surface area contributed by atoms with E-state index in [0.717, 1.165) is 12.2 Å². The molecule has 2 heteroatoms. The Kier molecular flexibility index (Phi) is 5.03. The maximum atomic E-state index is 5.91. The molecule has 0 spiro atoms. The molecule has 0 amide bonds. The second-order valence-electron chi connectivity index (χ2n) is 6.37. The second kappa shape index (κ2) is 6.77. The first-order chi connectivity index (χ1) is 10.0. The number of nitrogens with two attached hydrogens (primary N) is 1. The van der Waals surface area contributed by atoms with Crippen molar-refractivity contribution >= 4 is 0 Å². The summed E-state index contributed by atoms with van der Waals surface area (Å²) < 4.78 is 5.91. The van der Waals surface area contributed by atoms with Crippen molar-refractivity contribution < 1.29 is 4.74 Å². The van der Waals surface area contributed by atoms with Crippen LogP contribution in [-0.2, 0) is 18.4 Å². The summed E-state index contributed by atoms with van der Waals surface area (Å²) in [6.07, 6.45) is 0.891. The maximum Gasteiger partial charge on any atom is 0.119 e. The monoisotopic (exact) mass is 283 g/mol. The number of rotatable bonds is 5. The van der Waals surface area contributed by atoms with Gasteiger partial charge in [0.15, 0.2) is 0 Å². The first-order valence-corrected chi connectivity index (χ1v) is 7.51. The zero-order chi connectivity index (χ0) is 15.3. The van der Waals surface area contributed by atoms with Crippen LogP contribution in [0, 0.1) is 0 Å². The maximum absolute atomic E-state index is 5.91. The number of ether oxygens (including phenoxy) is 1. The van der Waals surface area contributed by atoms with E-state index < -0.39 is 0 Å². The van der Waals surface area contributed by atoms with Gasteiger partial charge >= 0.3 is 0 Å². The lowest BCUT2D eigenvalue weighted by Gasteiger charge is -2.19. The molecule has 2 N–H and O–H groups in total. The summed E-state index contributed by atoms with van der Waals surface area (Å²) in [7, 11) is 0. The molecule has 112 valence electrons. The average Bonchev–Trinajstić information content (AvgIpc) is 2.46. The Hall–Kier alpha value is -1.80. The van der Waals surface area contributed by atoms with Crippen LogP contribution >= 0.6 is 0 Å². The molecule has 0 aromatic heterocycles. The van der Waals surface area contributed by atoms with Gasteiger partial charge in [0.2, 0.25) is 0 Å². The molecular formula is C19H25NO. The average molecular weight is 283 g/mol. The van der Waals surface area contributed by atoms with E-state index in [1.807, 2.05) is 24.3 Å². The summed E-state index contributed by atoms with van der Waals surface area (Å²) in [4.78, 5) is 0. The van der Waals surface area contributed by atoms with Crippen molar-refractivity contribution in [3.8, 4) is 5.75 Å². The fourth-order valence-electron chi connectivity index (χ4n) is 2.31. The lowest BCUT2D eigenvalue weighted by molar-refractivity contribution is 0.305. The van der Waals surface area contributed by atoms with Crippen LogP contribution < -0.4 is 10.5 Å². The molecule has 2 aromatic rings. The SMILES string of the molecule is CC(C)(C)c1ccc(OCc2ccccc2CCN)cc1. The molecule has 0 aliphatic rings. The smallest absolute Gasteiger partial charge is 0.119 e. The summed E-state index contributed by atoms with van der Waals surface area (Å²) in [6, 6.07) is 16.7. The quantitative estimate of drug-likeness (QED) is 0.898. The normalized spacial score (nSPS) is 11.4. The van der Waals surface area contributed by atoms with Gasteiger partial charge in [0, 0.05) is 0 Å². The van der Waals surface area contributed by atoms with Crippen molar-refractivity contribution in [3.63, 3.8) is 0 Å². The van der Waals surface area contributed by atoms with E-state index in [0.29, 0.717) is 13.2 Å². The molecule has 2 nitrogen and oxygen atoms in total. The van der Waals surface area contributed by atoms with Crippen LogP contribution in [0.5, 0.6) is 5.75 Å². The van der Waals surface area contributed by atoms with E-state index in [4.69, 9.17) is 10.5 Å². The molecule has 0 saturated heterocycles. The van der Waals surface area contributed by atoms with Gasteiger partial charge < -0.3 is 10.5 Å². The third-order valence-electron chi connectivity index (χ3n) is 3.65. The highest BCUT2D eigenvalue weighted by molar-refractivity contribution is 5.32. The Labute approximate surface area is 127 Å². The van der Waals surface area contributed by atoms with E-state index >= 15 is 0 Å². The fraction of sp³-hybridized carbons (Fsp3) is 0.368. The molecule has 0 aliphatic heterocycles. The second-order valence-corrected chi connectivity index (χ2v) is 6.37. The predicted octanol–water partition coefficient (Wildman–Crippen LogP) is 4.06. The van der Waals surface area contributed by atoms with Crippen molar-refractivity contribution in [2.24, 2.45) is 5.73 Å². The Bertz CT molecular complexity index is 567. The van der Waals surface area contributed by atoms with Crippen LogP contribution in [0.4, 0.5) is 0 Å². The fourth-order valence-corrected chi connectivity index (χ4v) is 2.31. The highest BCUT2D eigenvalue weighted by atomic mass is 16.5. The molecule has 0 radical (unpaired) electrons. The summed E-state index contributed by atoms with van der Waals surface area (Å²) >= 11 is 0. The molecule has 0 fully saturated rings. The van der Waals surface area contributed by atoms with Crippen LogP contribution in [0.1, 0.15) is 37.5 Å². The molecule has 0 saturated carbocycles. The van der Waals surface area contributed by atoms with Gasteiger partial charge in [-0.2, -0.15) is 0 Å². The minimum Gasteiger partial charge on any atom is -0.489 e. The Morgan fingerprint density at radius 1 is 0.905 bits per heavy atom. The van der Waals surface area contributed by atoms with Crippen LogP contribution in [0.25, 0.3) is 0 Å². The summed E-state index contributed by atoms with van der Waals surface area (Å²) in [5.74, 6) is 0.908. The number of hydrogen-bond donors (Lipinski definition) is 1. The topological polar surface area (TPSA) is 35.2 Å². The van der Waals surface area contributed by atoms with E-state index in [1.54, 1.807) is 0 Å². The van der Waals surface area contributed by atoms with Crippen LogP contribution in [0.3, 0.4) is 0 Å². The van der Waals surface area contributed by atoms with Crippen LogP contribution in [0.2, 0.25) is 0 Å². The molecule has 0 aliphatic carbocycles. The zero-order valence-electron chi connectivity index (χ0n) is 13.2. The highest BCUT2D eigenvalue weighted by Crippen LogP contribution is 2.24. The van der Waals surface area contributed by atoms with E-state index in [9.17, 15) is 0 Å². The first-order valence-electron chi connectivity index (χ1n) is 7.51. The van der Waals surface area contributed by atoms with Gasteiger partial charge in [-0.1, -0.05) is 57.2 Å². The van der Waals surface area contributed by atoms with Crippen molar-refractivity contribution in [1.29, 1.82) is 0 Å². The Morgan fingerprint density at radius 3 is 2.10 bits per heavy atom. The van der Waals surface area contributed by atoms with Gasteiger partial charge in [-0.05, 0) is 47.2 Å². The minimum absolute atomic E-state index is 0.173. The lowest BCUT2D eigenvalue weighted by atomic mass is 9.87. The standard InChI is InChI=1S/C19H25NO/c1-19(2,3)17-8-10-18(11-9-17)21-14-16-7-5-4-6-15(16)12-13-20/h4-11H,12-14,20H2,1-3H3. The summed E-state index contributed by atoms with van der Waals surface area (Å²) in [6.45, 7) is 7.89. The van der Waals surface area contributed by atoms with Gasteiger partial charge in [-0.3, -0.25) is 0 Å². The molecule has 0 bridgehead atoms. The first kappa shape index (κ1) is 15.6. The van der Waals surface area contributed by atoms with Crippen molar-refractivity contribution in [2.75, 3.05) is 6.54 Å². The van der Waals surface area contributed by atoms with Crippen molar-refractivity contribution in [2.45, 2.75) is 39.2 Å². The third-order valence-corrected chi connectivity index (χ3v) is 3.65. The Morgan fingerprint density at radius 2 is 1.52 bits per heavy atom. The molecule has 2 aromatic carbocycles. The molecule has 0 unspecified atom stereocenters. The number of hydrogen-bond acceptors (Lipinski definition) is 2. The summed E-state index contributed by atoms with van der Waals surface area (Å²) in [5, 5.41) is 0. The molecule has 2 rings (SSSR count). The molecular weight excluding hydrogens is 258 g/mol. The van der Waals surface area contributed by atoms with Gasteiger partial charge in [-0.15, -0.1) is 0 Å². The predicted molar refractivity (Wildman–Crippen MR) is 88.7 cm³/mol.